The number of esters is 1. The van der Waals surface area contributed by atoms with Gasteiger partial charge in [0.1, 0.15) is 17.6 Å². The van der Waals surface area contributed by atoms with E-state index in [1.54, 1.807) is 6.92 Å². The summed E-state index contributed by atoms with van der Waals surface area (Å²) in [6.45, 7) is 4.39. The lowest BCUT2D eigenvalue weighted by Crippen LogP contribution is -2.20. The highest BCUT2D eigenvalue weighted by Gasteiger charge is 2.24. The van der Waals surface area contributed by atoms with Crippen molar-refractivity contribution in [2.24, 2.45) is 0 Å². The number of hydrogen-bond acceptors (Lipinski definition) is 6. The van der Waals surface area contributed by atoms with Gasteiger partial charge in [0.15, 0.2) is 11.0 Å². The lowest BCUT2D eigenvalue weighted by Gasteiger charge is -2.15. The number of para-hydroxylation sites is 2. The summed E-state index contributed by atoms with van der Waals surface area (Å²) in [7, 11) is 0. The van der Waals surface area contributed by atoms with Crippen molar-refractivity contribution in [1.82, 2.24) is 14.8 Å². The molecule has 0 saturated heterocycles. The molecule has 0 spiro atoms. The Morgan fingerprint density at radius 2 is 1.71 bits per heavy atom. The average Bonchev–Trinajstić information content (AvgIpc) is 3.14. The summed E-state index contributed by atoms with van der Waals surface area (Å²) in [5.74, 6) is 1.19. The molecule has 3 aromatic rings. The fraction of sp³-hybridized carbons (Fsp3) is 0.286. The zero-order valence-electron chi connectivity index (χ0n) is 15.9. The molecule has 1 unspecified atom stereocenters. The Morgan fingerprint density at radius 1 is 1.04 bits per heavy atom. The van der Waals surface area contributed by atoms with E-state index in [0.717, 1.165) is 11.4 Å². The number of carbonyl (C=O) groups excluding carboxylic acids is 1. The fourth-order valence-corrected chi connectivity index (χ4v) is 3.62. The van der Waals surface area contributed by atoms with E-state index in [-0.39, 0.29) is 17.8 Å². The molecule has 28 heavy (non-hydrogen) atoms. The third kappa shape index (κ3) is 4.92. The van der Waals surface area contributed by atoms with Gasteiger partial charge in [-0.2, -0.15) is 0 Å². The maximum absolute atomic E-state index is 12.2. The molecule has 6 nitrogen and oxygen atoms in total. The van der Waals surface area contributed by atoms with Crippen molar-refractivity contribution in [1.29, 1.82) is 0 Å². The molecule has 0 aliphatic heterocycles. The zero-order chi connectivity index (χ0) is 19.8. The van der Waals surface area contributed by atoms with Crippen molar-refractivity contribution in [2.75, 3.05) is 6.61 Å². The van der Waals surface area contributed by atoms with E-state index in [0.29, 0.717) is 24.0 Å². The molecule has 0 aliphatic rings. The van der Waals surface area contributed by atoms with Gasteiger partial charge in [-0.25, -0.2) is 0 Å². The van der Waals surface area contributed by atoms with Crippen LogP contribution in [0.2, 0.25) is 0 Å². The van der Waals surface area contributed by atoms with Crippen LogP contribution < -0.4 is 4.74 Å². The Hall–Kier alpha value is -2.80. The number of benzene rings is 2. The lowest BCUT2D eigenvalue weighted by molar-refractivity contribution is -0.142. The van der Waals surface area contributed by atoms with Crippen LogP contribution in [-0.2, 0) is 16.1 Å². The molecular formula is C21H23N3O3S. The van der Waals surface area contributed by atoms with Gasteiger partial charge in [0.05, 0.1) is 6.61 Å². The van der Waals surface area contributed by atoms with Crippen molar-refractivity contribution < 1.29 is 14.3 Å². The van der Waals surface area contributed by atoms with Gasteiger partial charge in [0, 0.05) is 5.69 Å². The maximum Gasteiger partial charge on any atom is 0.319 e. The molecule has 0 bridgehead atoms. The molecule has 0 amide bonds. The first-order valence-corrected chi connectivity index (χ1v) is 10.1. The highest BCUT2D eigenvalue weighted by Crippen LogP contribution is 2.28. The number of hydrogen-bond donors (Lipinski definition) is 0. The number of rotatable bonds is 9. The largest absolute Gasteiger partial charge is 0.486 e. The Labute approximate surface area is 168 Å². The van der Waals surface area contributed by atoms with E-state index in [4.69, 9.17) is 9.47 Å². The number of aromatic nitrogens is 3. The molecule has 3 rings (SSSR count). The fourth-order valence-electron chi connectivity index (χ4n) is 2.63. The van der Waals surface area contributed by atoms with Gasteiger partial charge in [-0.15, -0.1) is 10.2 Å². The molecule has 1 atom stereocenters. The lowest BCUT2D eigenvalue weighted by atomic mass is 10.3. The average molecular weight is 398 g/mol. The van der Waals surface area contributed by atoms with Gasteiger partial charge >= 0.3 is 5.97 Å². The number of thioether (sulfide) groups is 1. The molecule has 1 aromatic heterocycles. The van der Waals surface area contributed by atoms with Crippen LogP contribution in [-0.4, -0.2) is 32.6 Å². The van der Waals surface area contributed by atoms with Crippen molar-refractivity contribution >= 4 is 17.7 Å². The summed E-state index contributed by atoms with van der Waals surface area (Å²) in [6, 6.07) is 19.4. The predicted molar refractivity (Wildman–Crippen MR) is 109 cm³/mol. The summed E-state index contributed by atoms with van der Waals surface area (Å²) in [5, 5.41) is 8.94. The highest BCUT2D eigenvalue weighted by atomic mass is 32.2. The Kier molecular flexibility index (Phi) is 7.08. The van der Waals surface area contributed by atoms with Crippen LogP contribution in [0.3, 0.4) is 0 Å². The van der Waals surface area contributed by atoms with Gasteiger partial charge in [-0.05, 0) is 37.6 Å². The van der Waals surface area contributed by atoms with Crippen LogP contribution in [0.25, 0.3) is 5.69 Å². The third-order valence-corrected chi connectivity index (χ3v) is 5.28. The van der Waals surface area contributed by atoms with Gasteiger partial charge in [-0.3, -0.25) is 9.36 Å². The van der Waals surface area contributed by atoms with Crippen molar-refractivity contribution in [3.63, 3.8) is 0 Å². The van der Waals surface area contributed by atoms with Crippen LogP contribution in [0.1, 0.15) is 26.1 Å². The van der Waals surface area contributed by atoms with E-state index in [2.05, 4.69) is 10.2 Å². The van der Waals surface area contributed by atoms with Crippen LogP contribution in [0.4, 0.5) is 0 Å². The molecule has 146 valence electrons. The van der Waals surface area contributed by atoms with Crippen LogP contribution in [0.15, 0.2) is 65.8 Å². The Balaban J connectivity index is 1.87. The SMILES string of the molecule is CCOC(=O)C(CC)Sc1nnc(COc2ccccc2)n1-c1ccccc1. The van der Waals surface area contributed by atoms with E-state index in [9.17, 15) is 4.79 Å². The topological polar surface area (TPSA) is 66.2 Å². The van der Waals surface area contributed by atoms with Gasteiger partial charge in [0.25, 0.3) is 0 Å². The van der Waals surface area contributed by atoms with Crippen LogP contribution in [0.5, 0.6) is 5.75 Å². The smallest absolute Gasteiger partial charge is 0.319 e. The second-order valence-electron chi connectivity index (χ2n) is 5.94. The highest BCUT2D eigenvalue weighted by molar-refractivity contribution is 8.00. The first kappa shape index (κ1) is 19.9. The summed E-state index contributed by atoms with van der Waals surface area (Å²) in [5.41, 5.74) is 0.917. The first-order chi connectivity index (χ1) is 13.7. The standard InChI is InChI=1S/C21H23N3O3S/c1-3-18(20(25)26-4-2)28-21-23-22-19(15-27-17-13-9-6-10-14-17)24(21)16-11-7-5-8-12-16/h5-14,18H,3-4,15H2,1-2H3. The quantitative estimate of drug-likeness (QED) is 0.397. The molecule has 1 heterocycles. The molecule has 0 N–H and O–H groups in total. The minimum atomic E-state index is -0.338. The summed E-state index contributed by atoms with van der Waals surface area (Å²) in [4.78, 5) is 12.2. The van der Waals surface area contributed by atoms with E-state index in [1.165, 1.54) is 11.8 Å². The van der Waals surface area contributed by atoms with Gasteiger partial charge < -0.3 is 9.47 Å². The molecule has 0 fully saturated rings. The van der Waals surface area contributed by atoms with Crippen LogP contribution in [0, 0.1) is 0 Å². The first-order valence-electron chi connectivity index (χ1n) is 9.23. The second kappa shape index (κ2) is 9.94. The number of carbonyl (C=O) groups is 1. The summed E-state index contributed by atoms with van der Waals surface area (Å²) in [6.07, 6.45) is 0.640. The molecular weight excluding hydrogens is 374 g/mol. The van der Waals surface area contributed by atoms with Crippen molar-refractivity contribution in [3.05, 3.63) is 66.5 Å². The maximum atomic E-state index is 12.2. The Morgan fingerprint density at radius 3 is 2.36 bits per heavy atom. The third-order valence-electron chi connectivity index (χ3n) is 3.99. The number of ether oxygens (including phenoxy) is 2. The van der Waals surface area contributed by atoms with E-state index >= 15 is 0 Å². The van der Waals surface area contributed by atoms with Gasteiger partial charge in [0.2, 0.25) is 0 Å². The molecule has 0 saturated carbocycles. The summed E-state index contributed by atoms with van der Waals surface area (Å²) >= 11 is 1.36. The second-order valence-corrected chi connectivity index (χ2v) is 7.11. The molecule has 0 radical (unpaired) electrons. The predicted octanol–water partition coefficient (Wildman–Crippen LogP) is 4.28. The van der Waals surface area contributed by atoms with Gasteiger partial charge in [-0.1, -0.05) is 55.1 Å². The zero-order valence-corrected chi connectivity index (χ0v) is 16.8. The van der Waals surface area contributed by atoms with Crippen LogP contribution >= 0.6 is 11.8 Å². The number of nitrogens with zero attached hydrogens (tertiary/aromatic N) is 3. The Bertz CT molecular complexity index is 884. The van der Waals surface area contributed by atoms with E-state index < -0.39 is 0 Å². The molecule has 7 heteroatoms. The monoisotopic (exact) mass is 397 g/mol. The molecule has 2 aromatic carbocycles. The molecule has 0 aliphatic carbocycles. The normalized spacial score (nSPS) is 11.8. The minimum absolute atomic E-state index is 0.236. The summed E-state index contributed by atoms with van der Waals surface area (Å²) < 4.78 is 13.0. The van der Waals surface area contributed by atoms with E-state index in [1.807, 2.05) is 72.2 Å². The van der Waals surface area contributed by atoms with Crippen molar-refractivity contribution in [2.45, 2.75) is 37.3 Å². The minimum Gasteiger partial charge on any atom is -0.486 e. The van der Waals surface area contributed by atoms with Crippen molar-refractivity contribution in [3.8, 4) is 11.4 Å².